The Hall–Kier alpha value is -0.380. The molecule has 1 aromatic rings. The summed E-state index contributed by atoms with van der Waals surface area (Å²) in [4.78, 5) is 2.43. The highest BCUT2D eigenvalue weighted by Gasteiger charge is 2.23. The lowest BCUT2D eigenvalue weighted by Gasteiger charge is -2.33. The van der Waals surface area contributed by atoms with Gasteiger partial charge in [0.15, 0.2) is 0 Å². The van der Waals surface area contributed by atoms with E-state index in [0.29, 0.717) is 11.5 Å². The molecule has 3 heteroatoms. The first-order valence-corrected chi connectivity index (χ1v) is 8.30. The second kappa shape index (κ2) is 8.03. The molecule has 110 valence electrons. The zero-order valence-corrected chi connectivity index (χ0v) is 14.0. The summed E-state index contributed by atoms with van der Waals surface area (Å²) in [6.45, 7) is 12.6. The van der Waals surface area contributed by atoms with Crippen molar-refractivity contribution in [2.45, 2.75) is 53.1 Å². The van der Waals surface area contributed by atoms with E-state index in [4.69, 9.17) is 0 Å². The monoisotopic (exact) mass is 282 g/mol. The number of rotatable bonds is 8. The van der Waals surface area contributed by atoms with Crippen molar-refractivity contribution >= 4 is 11.3 Å². The first kappa shape index (κ1) is 16.7. The maximum atomic E-state index is 3.70. The lowest BCUT2D eigenvalue weighted by Crippen LogP contribution is -2.42. The molecule has 1 rings (SSSR count). The molecule has 1 heterocycles. The minimum absolute atomic E-state index is 0.332. The highest BCUT2D eigenvalue weighted by atomic mass is 32.1. The Kier molecular flexibility index (Phi) is 7.05. The van der Waals surface area contributed by atoms with Gasteiger partial charge >= 0.3 is 0 Å². The molecule has 0 aliphatic carbocycles. The minimum Gasteiger partial charge on any atom is -0.313 e. The molecule has 1 aromatic heterocycles. The maximum Gasteiger partial charge on any atom is 0.0238 e. The van der Waals surface area contributed by atoms with E-state index in [-0.39, 0.29) is 0 Å². The van der Waals surface area contributed by atoms with Crippen LogP contribution in [-0.4, -0.2) is 31.1 Å². The Bertz CT molecular complexity index is 327. The van der Waals surface area contributed by atoms with E-state index in [0.717, 1.165) is 19.6 Å². The summed E-state index contributed by atoms with van der Waals surface area (Å²) in [6.07, 6.45) is 2.42. The molecule has 1 N–H and O–H groups in total. The van der Waals surface area contributed by atoms with Gasteiger partial charge in [0, 0.05) is 12.6 Å². The second-order valence-corrected chi connectivity index (χ2v) is 7.31. The first-order chi connectivity index (χ1) is 8.93. The van der Waals surface area contributed by atoms with Crippen LogP contribution in [0, 0.1) is 5.41 Å². The van der Waals surface area contributed by atoms with Crippen molar-refractivity contribution in [2.24, 2.45) is 5.41 Å². The molecule has 1 unspecified atom stereocenters. The lowest BCUT2D eigenvalue weighted by atomic mass is 9.84. The van der Waals surface area contributed by atoms with Crippen molar-refractivity contribution in [3.8, 4) is 0 Å². The normalized spacial score (nSPS) is 14.0. The zero-order chi connectivity index (χ0) is 14.3. The van der Waals surface area contributed by atoms with Crippen molar-refractivity contribution in [3.63, 3.8) is 0 Å². The number of hydrogen-bond donors (Lipinski definition) is 1. The van der Waals surface area contributed by atoms with Gasteiger partial charge in [-0.15, -0.1) is 0 Å². The van der Waals surface area contributed by atoms with Crippen LogP contribution in [0.1, 0.15) is 46.1 Å². The number of nitrogens with zero attached hydrogens (tertiary/aromatic N) is 1. The molecule has 0 saturated carbocycles. The zero-order valence-electron chi connectivity index (χ0n) is 13.2. The van der Waals surface area contributed by atoms with Gasteiger partial charge in [-0.3, -0.25) is 0 Å². The van der Waals surface area contributed by atoms with E-state index in [1.54, 1.807) is 11.3 Å². The van der Waals surface area contributed by atoms with E-state index < -0.39 is 0 Å². The summed E-state index contributed by atoms with van der Waals surface area (Å²) in [7, 11) is 2.22. The predicted octanol–water partition coefficient (Wildman–Crippen LogP) is 3.98. The first-order valence-electron chi connectivity index (χ1n) is 7.36. The van der Waals surface area contributed by atoms with E-state index in [2.05, 4.69) is 61.8 Å². The van der Waals surface area contributed by atoms with Crippen molar-refractivity contribution < 1.29 is 0 Å². The molecule has 0 aliphatic rings. The smallest absolute Gasteiger partial charge is 0.0238 e. The number of thiophene rings is 1. The molecule has 0 saturated heterocycles. The molecule has 0 bridgehead atoms. The van der Waals surface area contributed by atoms with Crippen molar-refractivity contribution in [2.75, 3.05) is 20.1 Å². The van der Waals surface area contributed by atoms with Gasteiger partial charge in [0.1, 0.15) is 0 Å². The van der Waals surface area contributed by atoms with Crippen LogP contribution in [-0.2, 0) is 6.54 Å². The highest BCUT2D eigenvalue weighted by molar-refractivity contribution is 7.07. The fourth-order valence-electron chi connectivity index (χ4n) is 2.28. The maximum absolute atomic E-state index is 3.70. The van der Waals surface area contributed by atoms with E-state index >= 15 is 0 Å². The van der Waals surface area contributed by atoms with Crippen LogP contribution >= 0.6 is 11.3 Å². The topological polar surface area (TPSA) is 15.3 Å². The standard InChI is InChI=1S/C16H30N2S/c1-6-9-17-15(16(2,3)4)7-10-18(5)12-14-8-11-19-13-14/h8,11,13,15,17H,6-7,9-10,12H2,1-5H3. The van der Waals surface area contributed by atoms with Gasteiger partial charge in [0.05, 0.1) is 0 Å². The predicted molar refractivity (Wildman–Crippen MR) is 86.8 cm³/mol. The summed E-state index contributed by atoms with van der Waals surface area (Å²) in [5.74, 6) is 0. The van der Waals surface area contributed by atoms with Crippen molar-refractivity contribution in [1.29, 1.82) is 0 Å². The molecule has 0 fully saturated rings. The van der Waals surface area contributed by atoms with Gasteiger partial charge in [-0.1, -0.05) is 27.7 Å². The van der Waals surface area contributed by atoms with Crippen molar-refractivity contribution in [1.82, 2.24) is 10.2 Å². The molecule has 0 radical (unpaired) electrons. The summed E-state index contributed by atoms with van der Waals surface area (Å²) in [6, 6.07) is 2.81. The van der Waals surface area contributed by atoms with Gasteiger partial charge in [0.2, 0.25) is 0 Å². The Labute approximate surface area is 123 Å². The van der Waals surface area contributed by atoms with Crippen molar-refractivity contribution in [3.05, 3.63) is 22.4 Å². The third-order valence-electron chi connectivity index (χ3n) is 3.52. The van der Waals surface area contributed by atoms with Crippen LogP contribution in [0.3, 0.4) is 0 Å². The molecule has 0 amide bonds. The van der Waals surface area contributed by atoms with Gasteiger partial charge in [-0.25, -0.2) is 0 Å². The molecule has 0 aliphatic heterocycles. The molecular formula is C16H30N2S. The van der Waals surface area contributed by atoms with Gasteiger partial charge in [-0.05, 0) is 60.8 Å². The van der Waals surface area contributed by atoms with Gasteiger partial charge < -0.3 is 10.2 Å². The fraction of sp³-hybridized carbons (Fsp3) is 0.750. The minimum atomic E-state index is 0.332. The third-order valence-corrected chi connectivity index (χ3v) is 4.25. The van der Waals surface area contributed by atoms with Crippen LogP contribution in [0.5, 0.6) is 0 Å². The summed E-state index contributed by atoms with van der Waals surface area (Å²) < 4.78 is 0. The van der Waals surface area contributed by atoms with Crippen LogP contribution in [0.25, 0.3) is 0 Å². The van der Waals surface area contributed by atoms with Crippen LogP contribution in [0.2, 0.25) is 0 Å². The van der Waals surface area contributed by atoms with E-state index in [1.165, 1.54) is 18.4 Å². The van der Waals surface area contributed by atoms with Crippen LogP contribution < -0.4 is 5.32 Å². The Morgan fingerprint density at radius 2 is 2.11 bits per heavy atom. The molecule has 0 aromatic carbocycles. The molecule has 1 atom stereocenters. The van der Waals surface area contributed by atoms with Gasteiger partial charge in [0.25, 0.3) is 0 Å². The Morgan fingerprint density at radius 3 is 2.63 bits per heavy atom. The summed E-state index contributed by atoms with van der Waals surface area (Å²) in [5, 5.41) is 8.10. The van der Waals surface area contributed by atoms with Crippen LogP contribution in [0.15, 0.2) is 16.8 Å². The Morgan fingerprint density at radius 1 is 1.37 bits per heavy atom. The largest absolute Gasteiger partial charge is 0.313 e. The Balaban J connectivity index is 2.38. The molecule has 2 nitrogen and oxygen atoms in total. The number of hydrogen-bond acceptors (Lipinski definition) is 3. The van der Waals surface area contributed by atoms with E-state index in [9.17, 15) is 0 Å². The molecular weight excluding hydrogens is 252 g/mol. The summed E-state index contributed by atoms with van der Waals surface area (Å²) >= 11 is 1.78. The highest BCUT2D eigenvalue weighted by Crippen LogP contribution is 2.22. The lowest BCUT2D eigenvalue weighted by molar-refractivity contribution is 0.219. The average Bonchev–Trinajstić information content (AvgIpc) is 2.80. The summed E-state index contributed by atoms with van der Waals surface area (Å²) in [5.41, 5.74) is 1.76. The van der Waals surface area contributed by atoms with Gasteiger partial charge in [-0.2, -0.15) is 11.3 Å². The van der Waals surface area contributed by atoms with Crippen LogP contribution in [0.4, 0.5) is 0 Å². The molecule has 19 heavy (non-hydrogen) atoms. The fourth-order valence-corrected chi connectivity index (χ4v) is 2.94. The molecule has 0 spiro atoms. The number of nitrogens with one attached hydrogen (secondary N) is 1. The SMILES string of the molecule is CCCNC(CCN(C)Cc1ccsc1)C(C)(C)C. The average molecular weight is 282 g/mol. The quantitative estimate of drug-likeness (QED) is 0.776. The second-order valence-electron chi connectivity index (χ2n) is 6.53. The third kappa shape index (κ3) is 6.55. The van der Waals surface area contributed by atoms with E-state index in [1.807, 2.05) is 0 Å².